The fourth-order valence-electron chi connectivity index (χ4n) is 6.19. The number of esters is 1. The molecule has 0 spiro atoms. The molecule has 2 aliphatic rings. The van der Waals surface area contributed by atoms with Crippen LogP contribution in [0.3, 0.4) is 0 Å². The number of anilines is 1. The van der Waals surface area contributed by atoms with E-state index in [0.29, 0.717) is 45.1 Å². The van der Waals surface area contributed by atoms with Crippen LogP contribution in [-0.2, 0) is 14.3 Å². The fraction of sp³-hybridized carbons (Fsp3) is 0.286. The van der Waals surface area contributed by atoms with Crippen LogP contribution in [0.15, 0.2) is 78.9 Å². The molecule has 4 aromatic rings. The molecular formula is C35H32N2O6. The number of Topliss-reactive ketones (excluding diaryl/α,β-unsaturated/α-hetero) is 1. The van der Waals surface area contributed by atoms with Gasteiger partial charge in [0.25, 0.3) is 0 Å². The first-order valence-corrected chi connectivity index (χ1v) is 14.5. The van der Waals surface area contributed by atoms with Gasteiger partial charge in [-0.2, -0.15) is 0 Å². The van der Waals surface area contributed by atoms with E-state index in [2.05, 4.69) is 6.92 Å². The Morgan fingerprint density at radius 2 is 1.60 bits per heavy atom. The molecule has 43 heavy (non-hydrogen) atoms. The van der Waals surface area contributed by atoms with Crippen LogP contribution in [0, 0.1) is 17.8 Å². The number of carbonyl (C=O) groups excluding carboxylic acids is 4. The Labute approximate surface area is 249 Å². The van der Waals surface area contributed by atoms with Gasteiger partial charge in [-0.1, -0.05) is 37.3 Å². The lowest BCUT2D eigenvalue weighted by molar-refractivity contribution is -0.122. The van der Waals surface area contributed by atoms with E-state index in [0.717, 1.165) is 19.3 Å². The van der Waals surface area contributed by atoms with Crippen LogP contribution in [0.2, 0.25) is 0 Å². The highest BCUT2D eigenvalue weighted by atomic mass is 16.5. The van der Waals surface area contributed by atoms with Crippen LogP contribution in [0.5, 0.6) is 5.75 Å². The number of carbonyl (C=O) groups is 4. The summed E-state index contributed by atoms with van der Waals surface area (Å²) >= 11 is 0. The summed E-state index contributed by atoms with van der Waals surface area (Å²) < 4.78 is 10.8. The van der Waals surface area contributed by atoms with Gasteiger partial charge in [0.15, 0.2) is 6.10 Å². The first kappa shape index (κ1) is 28.3. The lowest BCUT2D eigenvalue weighted by Crippen LogP contribution is -2.30. The van der Waals surface area contributed by atoms with Crippen LogP contribution < -0.4 is 9.64 Å². The van der Waals surface area contributed by atoms with Gasteiger partial charge in [-0.15, -0.1) is 0 Å². The van der Waals surface area contributed by atoms with Crippen molar-refractivity contribution in [2.24, 2.45) is 17.8 Å². The van der Waals surface area contributed by atoms with E-state index in [1.807, 2.05) is 12.1 Å². The lowest BCUT2D eigenvalue weighted by Gasteiger charge is -2.25. The van der Waals surface area contributed by atoms with Crippen molar-refractivity contribution in [3.63, 3.8) is 0 Å². The van der Waals surface area contributed by atoms with Crippen molar-refractivity contribution in [3.8, 4) is 17.0 Å². The number of pyridine rings is 1. The third kappa shape index (κ3) is 5.29. The van der Waals surface area contributed by atoms with Gasteiger partial charge in [0, 0.05) is 16.5 Å². The van der Waals surface area contributed by atoms with E-state index in [4.69, 9.17) is 14.5 Å². The van der Waals surface area contributed by atoms with Gasteiger partial charge in [-0.05, 0) is 80.6 Å². The summed E-state index contributed by atoms with van der Waals surface area (Å²) in [5.74, 6) is -0.645. The Morgan fingerprint density at radius 1 is 0.907 bits per heavy atom. The highest BCUT2D eigenvalue weighted by Gasteiger charge is 2.49. The Bertz CT molecular complexity index is 1730. The number of hydrogen-bond donors (Lipinski definition) is 0. The second-order valence-corrected chi connectivity index (χ2v) is 11.4. The van der Waals surface area contributed by atoms with Crippen LogP contribution in [-0.4, -0.2) is 41.8 Å². The average molecular weight is 577 g/mol. The Morgan fingerprint density at radius 3 is 2.33 bits per heavy atom. The van der Waals surface area contributed by atoms with Gasteiger partial charge < -0.3 is 9.47 Å². The number of amides is 2. The third-order valence-corrected chi connectivity index (χ3v) is 8.57. The molecule has 1 aliphatic carbocycles. The van der Waals surface area contributed by atoms with Gasteiger partial charge in [0.1, 0.15) is 5.75 Å². The van der Waals surface area contributed by atoms with Gasteiger partial charge >= 0.3 is 5.97 Å². The zero-order valence-corrected chi connectivity index (χ0v) is 24.3. The van der Waals surface area contributed by atoms with E-state index in [1.165, 1.54) is 4.90 Å². The summed E-state index contributed by atoms with van der Waals surface area (Å²) in [6, 6.07) is 22.6. The molecule has 6 rings (SSSR count). The normalized spacial score (nSPS) is 20.5. The third-order valence-electron chi connectivity index (χ3n) is 8.57. The van der Waals surface area contributed by atoms with Crippen LogP contribution in [0.4, 0.5) is 5.69 Å². The predicted octanol–water partition coefficient (Wildman–Crippen LogP) is 6.26. The first-order valence-electron chi connectivity index (χ1n) is 14.5. The number of nitrogens with zero attached hydrogens (tertiary/aromatic N) is 2. The SMILES string of the molecule is COc1ccc(C(=O)[C@@H](C)OC(=O)c2cc(-c3ccc(N4C(=O)[C@H]5CC[C@@H](C)C[C@@H]5C4=O)cc3)nc3ccccc23)cc1. The van der Waals surface area contributed by atoms with Crippen molar-refractivity contribution in [1.82, 2.24) is 4.98 Å². The van der Waals surface area contributed by atoms with E-state index >= 15 is 0 Å². The minimum Gasteiger partial charge on any atom is -0.497 e. The number of benzene rings is 3. The number of imide groups is 1. The van der Waals surface area contributed by atoms with Crippen LogP contribution in [0.1, 0.15) is 53.8 Å². The summed E-state index contributed by atoms with van der Waals surface area (Å²) in [5, 5.41) is 0.599. The first-order chi connectivity index (χ1) is 20.7. The maximum Gasteiger partial charge on any atom is 0.339 e. The number of hydrogen-bond acceptors (Lipinski definition) is 7. The minimum atomic E-state index is -1.02. The van der Waals surface area contributed by atoms with Gasteiger partial charge in [-0.3, -0.25) is 19.3 Å². The molecule has 1 aliphatic heterocycles. The molecule has 1 saturated heterocycles. The summed E-state index contributed by atoms with van der Waals surface area (Å²) in [5.41, 5.74) is 3.04. The van der Waals surface area contributed by atoms with Gasteiger partial charge in [0.05, 0.1) is 41.4 Å². The molecule has 2 fully saturated rings. The number of ketones is 1. The average Bonchev–Trinajstić information content (AvgIpc) is 3.28. The second kappa shape index (κ2) is 11.4. The molecule has 3 aromatic carbocycles. The highest BCUT2D eigenvalue weighted by molar-refractivity contribution is 6.22. The molecule has 4 atom stereocenters. The Kier molecular flexibility index (Phi) is 7.52. The zero-order valence-electron chi connectivity index (χ0n) is 24.3. The molecule has 0 N–H and O–H groups in total. The van der Waals surface area contributed by atoms with Crippen LogP contribution in [0.25, 0.3) is 22.2 Å². The number of rotatable bonds is 7. The number of ether oxygens (including phenoxy) is 2. The van der Waals surface area contributed by atoms with E-state index in [1.54, 1.807) is 80.8 Å². The Hall–Kier alpha value is -4.85. The van der Waals surface area contributed by atoms with Crippen molar-refractivity contribution in [2.45, 2.75) is 39.2 Å². The number of aromatic nitrogens is 1. The fourth-order valence-corrected chi connectivity index (χ4v) is 6.19. The van der Waals surface area contributed by atoms with Crippen molar-refractivity contribution >= 4 is 40.2 Å². The summed E-state index contributed by atoms with van der Waals surface area (Å²) in [6.45, 7) is 3.68. The lowest BCUT2D eigenvalue weighted by atomic mass is 9.76. The minimum absolute atomic E-state index is 0.123. The molecule has 218 valence electrons. The smallest absolute Gasteiger partial charge is 0.339 e. The van der Waals surface area contributed by atoms with Crippen molar-refractivity contribution in [2.75, 3.05) is 12.0 Å². The van der Waals surface area contributed by atoms with Crippen molar-refractivity contribution in [1.29, 1.82) is 0 Å². The Balaban J connectivity index is 1.26. The maximum absolute atomic E-state index is 13.4. The van der Waals surface area contributed by atoms with Gasteiger partial charge in [-0.25, -0.2) is 9.78 Å². The van der Waals surface area contributed by atoms with Crippen molar-refractivity contribution in [3.05, 3.63) is 90.0 Å². The molecule has 0 radical (unpaired) electrons. The number of methoxy groups -OCH3 is 1. The standard InChI is InChI=1S/C35H32N2O6/c1-20-8-17-27-28(18-20)34(40)37(33(27)39)24-13-9-22(10-14-24)31-19-29(26-6-4-5-7-30(26)36-31)35(41)43-21(2)32(38)23-11-15-25(42-3)16-12-23/h4-7,9-16,19-21,27-28H,8,17-18H2,1-3H3/t20-,21-,27+,28+/m1/s1. The van der Waals surface area contributed by atoms with Gasteiger partial charge in [0.2, 0.25) is 17.6 Å². The van der Waals surface area contributed by atoms with Crippen molar-refractivity contribution < 1.29 is 28.7 Å². The molecule has 1 saturated carbocycles. The van der Waals surface area contributed by atoms with E-state index in [9.17, 15) is 19.2 Å². The molecule has 1 aromatic heterocycles. The molecule has 2 heterocycles. The molecule has 0 unspecified atom stereocenters. The monoisotopic (exact) mass is 576 g/mol. The van der Waals surface area contributed by atoms with Crippen LogP contribution >= 0.6 is 0 Å². The number of fused-ring (bicyclic) bond motifs is 2. The summed E-state index contributed by atoms with van der Waals surface area (Å²) in [7, 11) is 1.55. The molecular weight excluding hydrogens is 544 g/mol. The highest BCUT2D eigenvalue weighted by Crippen LogP contribution is 2.42. The quantitative estimate of drug-likeness (QED) is 0.145. The van der Waals surface area contributed by atoms with E-state index in [-0.39, 0.29) is 35.0 Å². The largest absolute Gasteiger partial charge is 0.497 e. The second-order valence-electron chi connectivity index (χ2n) is 11.4. The number of para-hydroxylation sites is 1. The molecule has 0 bridgehead atoms. The molecule has 2 amide bonds. The topological polar surface area (TPSA) is 103 Å². The summed E-state index contributed by atoms with van der Waals surface area (Å²) in [6.07, 6.45) is 1.43. The predicted molar refractivity (Wildman–Crippen MR) is 162 cm³/mol. The van der Waals surface area contributed by atoms with E-state index < -0.39 is 12.1 Å². The maximum atomic E-state index is 13.4. The molecule has 8 heteroatoms. The zero-order chi connectivity index (χ0) is 30.2. The summed E-state index contributed by atoms with van der Waals surface area (Å²) in [4.78, 5) is 58.8. The molecule has 8 nitrogen and oxygen atoms in total.